The maximum absolute atomic E-state index is 13.6. The summed E-state index contributed by atoms with van der Waals surface area (Å²) < 4.78 is 30.1. The van der Waals surface area contributed by atoms with E-state index in [0.29, 0.717) is 12.2 Å². The highest BCUT2D eigenvalue weighted by Crippen LogP contribution is 2.34. The number of nitrogens with one attached hydrogen (secondary N) is 1. The molecule has 2 aliphatic heterocycles. The van der Waals surface area contributed by atoms with Crippen molar-refractivity contribution in [3.8, 4) is 5.75 Å². The molecule has 0 aromatic heterocycles. The van der Waals surface area contributed by atoms with Crippen LogP contribution in [-0.2, 0) is 19.4 Å². The molecule has 9 heteroatoms. The number of likely N-dealkylation sites (N-methyl/N-ethyl adjacent to an activating group) is 1. The van der Waals surface area contributed by atoms with Crippen LogP contribution in [-0.4, -0.2) is 75.0 Å². The van der Waals surface area contributed by atoms with Crippen molar-refractivity contribution in [1.82, 2.24) is 10.2 Å². The second-order valence-corrected chi connectivity index (χ2v) is 10.9. The van der Waals surface area contributed by atoms with Gasteiger partial charge in [-0.1, -0.05) is 31.4 Å². The first kappa shape index (κ1) is 21.9. The lowest BCUT2D eigenvalue weighted by atomic mass is 9.92. The molecule has 2 heterocycles. The summed E-state index contributed by atoms with van der Waals surface area (Å²) in [6.45, 7) is 0.366. The van der Waals surface area contributed by atoms with Crippen LogP contribution in [0.3, 0.4) is 0 Å². The minimum absolute atomic E-state index is 0.0514. The average molecular weight is 450 g/mol. The van der Waals surface area contributed by atoms with Crippen LogP contribution in [0.1, 0.15) is 38.5 Å². The van der Waals surface area contributed by atoms with E-state index in [1.54, 1.807) is 13.1 Å². The van der Waals surface area contributed by atoms with E-state index in [1.807, 2.05) is 28.0 Å². The van der Waals surface area contributed by atoms with Crippen molar-refractivity contribution in [1.29, 1.82) is 0 Å². The molecule has 2 atom stereocenters. The van der Waals surface area contributed by atoms with E-state index < -0.39 is 15.9 Å². The Hall–Kier alpha value is -2.29. The molecule has 8 nitrogen and oxygen atoms in total. The van der Waals surface area contributed by atoms with Crippen LogP contribution in [0.15, 0.2) is 24.3 Å². The number of ether oxygens (including phenoxy) is 1. The van der Waals surface area contributed by atoms with Gasteiger partial charge in [0.1, 0.15) is 5.75 Å². The molecule has 1 aromatic carbocycles. The standard InChI is InChI=1S/C22H31N3O5S/c1-23-22(27)20-13-24(18-9-5-6-10-19(18)30-20)14-21(26)25(16-7-3-2-4-8-16)17-11-12-31(28,29)15-17/h5-6,9-10,16-17,20H,2-4,7-8,11-15H2,1H3,(H,23,27)/t17-,20+/m1/s1. The van der Waals surface area contributed by atoms with Crippen molar-refractivity contribution >= 4 is 27.3 Å². The number of anilines is 1. The van der Waals surface area contributed by atoms with Crippen LogP contribution in [0.25, 0.3) is 0 Å². The average Bonchev–Trinajstić information content (AvgIpc) is 3.13. The number of benzene rings is 1. The van der Waals surface area contributed by atoms with Crippen LogP contribution in [0.5, 0.6) is 5.75 Å². The topological polar surface area (TPSA) is 96.0 Å². The summed E-state index contributed by atoms with van der Waals surface area (Å²) in [7, 11) is -1.54. The lowest BCUT2D eigenvalue weighted by Gasteiger charge is -2.41. The summed E-state index contributed by atoms with van der Waals surface area (Å²) in [5.41, 5.74) is 0.777. The lowest BCUT2D eigenvalue weighted by molar-refractivity contribution is -0.135. The third kappa shape index (κ3) is 4.81. The van der Waals surface area contributed by atoms with Gasteiger partial charge in [0.25, 0.3) is 5.91 Å². The van der Waals surface area contributed by atoms with E-state index >= 15 is 0 Å². The lowest BCUT2D eigenvalue weighted by Crippen LogP contribution is -2.55. The van der Waals surface area contributed by atoms with Crippen LogP contribution in [0.4, 0.5) is 5.69 Å². The van der Waals surface area contributed by atoms with Gasteiger partial charge in [0.2, 0.25) is 5.91 Å². The fourth-order valence-electron chi connectivity index (χ4n) is 5.06. The Kier molecular flexibility index (Phi) is 6.41. The van der Waals surface area contributed by atoms with Gasteiger partial charge in [-0.3, -0.25) is 9.59 Å². The summed E-state index contributed by atoms with van der Waals surface area (Å²) >= 11 is 0. The van der Waals surface area contributed by atoms with Crippen LogP contribution < -0.4 is 15.0 Å². The molecule has 2 amide bonds. The third-order valence-electron chi connectivity index (χ3n) is 6.58. The molecule has 0 radical (unpaired) electrons. The summed E-state index contributed by atoms with van der Waals surface area (Å²) in [4.78, 5) is 29.6. The van der Waals surface area contributed by atoms with Gasteiger partial charge < -0.3 is 19.9 Å². The largest absolute Gasteiger partial charge is 0.477 e. The van der Waals surface area contributed by atoms with Crippen molar-refractivity contribution in [2.45, 2.75) is 56.7 Å². The fraction of sp³-hybridized carbons (Fsp3) is 0.636. The highest BCUT2D eigenvalue weighted by Gasteiger charge is 2.40. The second-order valence-electron chi connectivity index (χ2n) is 8.72. The van der Waals surface area contributed by atoms with E-state index in [4.69, 9.17) is 4.74 Å². The summed E-state index contributed by atoms with van der Waals surface area (Å²) in [6.07, 6.45) is 4.92. The zero-order valence-electron chi connectivity index (χ0n) is 18.0. The van der Waals surface area contributed by atoms with Gasteiger partial charge in [-0.25, -0.2) is 8.42 Å². The number of hydrogen-bond acceptors (Lipinski definition) is 6. The first-order chi connectivity index (χ1) is 14.9. The maximum atomic E-state index is 13.6. The van der Waals surface area contributed by atoms with Gasteiger partial charge in [0.05, 0.1) is 30.3 Å². The number of amides is 2. The molecule has 3 aliphatic rings. The minimum atomic E-state index is -3.10. The Morgan fingerprint density at radius 3 is 2.55 bits per heavy atom. The smallest absolute Gasteiger partial charge is 0.262 e. The molecule has 1 saturated carbocycles. The monoisotopic (exact) mass is 449 g/mol. The van der Waals surface area contributed by atoms with Gasteiger partial charge in [0, 0.05) is 19.1 Å². The van der Waals surface area contributed by atoms with Crippen LogP contribution in [0, 0.1) is 0 Å². The Bertz CT molecular complexity index is 929. The van der Waals surface area contributed by atoms with E-state index in [9.17, 15) is 18.0 Å². The molecule has 0 bridgehead atoms. The highest BCUT2D eigenvalue weighted by atomic mass is 32.2. The Morgan fingerprint density at radius 2 is 1.87 bits per heavy atom. The van der Waals surface area contributed by atoms with Gasteiger partial charge in [-0.2, -0.15) is 0 Å². The number of fused-ring (bicyclic) bond motifs is 1. The molecule has 31 heavy (non-hydrogen) atoms. The Labute approximate surface area is 183 Å². The molecule has 170 valence electrons. The molecule has 0 spiro atoms. The summed E-state index contributed by atoms with van der Waals surface area (Å²) in [5, 5.41) is 2.61. The zero-order valence-corrected chi connectivity index (χ0v) is 18.8. The molecule has 1 aliphatic carbocycles. The number of carbonyl (C=O) groups is 2. The van der Waals surface area contributed by atoms with Gasteiger partial charge in [-0.05, 0) is 31.4 Å². The van der Waals surface area contributed by atoms with Gasteiger partial charge in [0.15, 0.2) is 15.9 Å². The fourth-order valence-corrected chi connectivity index (χ4v) is 6.77. The Balaban J connectivity index is 1.57. The van der Waals surface area contributed by atoms with Gasteiger partial charge in [-0.15, -0.1) is 0 Å². The zero-order chi connectivity index (χ0) is 22.0. The third-order valence-corrected chi connectivity index (χ3v) is 8.33. The molecular weight excluding hydrogens is 418 g/mol. The molecule has 0 unspecified atom stereocenters. The first-order valence-electron chi connectivity index (χ1n) is 11.1. The number of para-hydroxylation sites is 2. The number of hydrogen-bond donors (Lipinski definition) is 1. The highest BCUT2D eigenvalue weighted by molar-refractivity contribution is 7.91. The number of carbonyl (C=O) groups excluding carboxylic acids is 2. The minimum Gasteiger partial charge on any atom is -0.477 e. The predicted octanol–water partition coefficient (Wildman–Crippen LogP) is 1.35. The molecule has 1 aromatic rings. The first-order valence-corrected chi connectivity index (χ1v) is 12.9. The van der Waals surface area contributed by atoms with E-state index in [-0.39, 0.29) is 48.5 Å². The second kappa shape index (κ2) is 9.06. The molecule has 4 rings (SSSR count). The van der Waals surface area contributed by atoms with Gasteiger partial charge >= 0.3 is 0 Å². The molecule has 1 N–H and O–H groups in total. The number of sulfone groups is 1. The normalized spacial score (nSPS) is 25.4. The SMILES string of the molecule is CNC(=O)[C@@H]1CN(CC(=O)N(C2CCCCC2)[C@@H]2CCS(=O)(=O)C2)c2ccccc2O1. The maximum Gasteiger partial charge on any atom is 0.262 e. The Morgan fingerprint density at radius 1 is 1.13 bits per heavy atom. The quantitative estimate of drug-likeness (QED) is 0.729. The number of rotatable bonds is 5. The molecular formula is C22H31N3O5S. The summed E-state index contributed by atoms with van der Waals surface area (Å²) in [6, 6.07) is 7.22. The summed E-state index contributed by atoms with van der Waals surface area (Å²) in [5.74, 6) is 0.463. The van der Waals surface area contributed by atoms with Crippen molar-refractivity contribution in [3.05, 3.63) is 24.3 Å². The van der Waals surface area contributed by atoms with Crippen molar-refractivity contribution in [3.63, 3.8) is 0 Å². The van der Waals surface area contributed by atoms with E-state index in [0.717, 1.165) is 37.8 Å². The van der Waals surface area contributed by atoms with Crippen LogP contribution >= 0.6 is 0 Å². The van der Waals surface area contributed by atoms with E-state index in [1.165, 1.54) is 0 Å². The molecule has 1 saturated heterocycles. The number of nitrogens with zero attached hydrogens (tertiary/aromatic N) is 2. The van der Waals surface area contributed by atoms with Crippen molar-refractivity contribution < 1.29 is 22.7 Å². The van der Waals surface area contributed by atoms with Crippen molar-refractivity contribution in [2.24, 2.45) is 0 Å². The molecule has 2 fully saturated rings. The van der Waals surface area contributed by atoms with Crippen molar-refractivity contribution in [2.75, 3.05) is 36.5 Å². The predicted molar refractivity (Wildman–Crippen MR) is 118 cm³/mol. The van der Waals surface area contributed by atoms with E-state index in [2.05, 4.69) is 5.32 Å². The van der Waals surface area contributed by atoms with Crippen LogP contribution in [0.2, 0.25) is 0 Å².